The number of ether oxygens (including phenoxy) is 3. The first-order valence-electron chi connectivity index (χ1n) is 10.5. The van der Waals surface area contributed by atoms with Crippen LogP contribution in [0.1, 0.15) is 88.8 Å². The van der Waals surface area contributed by atoms with Crippen LogP contribution in [-0.4, -0.2) is 18.2 Å². The van der Waals surface area contributed by atoms with Crippen molar-refractivity contribution < 1.29 is 23.8 Å². The number of carbonyl (C=O) groups excluding carboxylic acids is 2. The van der Waals surface area contributed by atoms with E-state index in [1.165, 1.54) is 19.4 Å². The average molecular weight is 401 g/mol. The van der Waals surface area contributed by atoms with Crippen LogP contribution in [0.25, 0.3) is 0 Å². The van der Waals surface area contributed by atoms with E-state index in [1.807, 2.05) is 13.0 Å². The molecule has 0 saturated carbocycles. The zero-order chi connectivity index (χ0) is 21.3. The second-order valence-electron chi connectivity index (χ2n) is 8.64. The molecule has 29 heavy (non-hydrogen) atoms. The van der Waals surface area contributed by atoms with Gasteiger partial charge in [-0.2, -0.15) is 0 Å². The molecule has 4 atom stereocenters. The van der Waals surface area contributed by atoms with Gasteiger partial charge in [0.25, 0.3) is 0 Å². The third-order valence-corrected chi connectivity index (χ3v) is 5.97. The van der Waals surface area contributed by atoms with Crippen LogP contribution in [0.4, 0.5) is 0 Å². The summed E-state index contributed by atoms with van der Waals surface area (Å²) in [4.78, 5) is 23.5. The van der Waals surface area contributed by atoms with Crippen LogP contribution in [-0.2, 0) is 14.3 Å². The molecule has 1 aliphatic heterocycles. The molecule has 158 valence electrons. The van der Waals surface area contributed by atoms with Crippen molar-refractivity contribution in [2.75, 3.05) is 0 Å². The van der Waals surface area contributed by atoms with Crippen molar-refractivity contribution in [3.05, 3.63) is 34.4 Å². The van der Waals surface area contributed by atoms with Crippen LogP contribution in [0.2, 0.25) is 0 Å². The Hall–Kier alpha value is -2.30. The first kappa shape index (κ1) is 21.4. The summed E-state index contributed by atoms with van der Waals surface area (Å²) in [5.41, 5.74) is 4.40. The molecule has 0 saturated heterocycles. The van der Waals surface area contributed by atoms with E-state index in [0.29, 0.717) is 5.75 Å². The summed E-state index contributed by atoms with van der Waals surface area (Å²) in [7, 11) is 0. The lowest BCUT2D eigenvalue weighted by Gasteiger charge is -2.44. The zero-order valence-electron chi connectivity index (χ0n) is 18.3. The third kappa shape index (κ3) is 4.49. The Labute approximate surface area is 173 Å². The highest BCUT2D eigenvalue weighted by molar-refractivity contribution is 5.71. The van der Waals surface area contributed by atoms with Gasteiger partial charge in [0.2, 0.25) is 6.29 Å². The van der Waals surface area contributed by atoms with Crippen molar-refractivity contribution in [3.63, 3.8) is 0 Å². The molecule has 0 fully saturated rings. The molecule has 2 aliphatic rings. The van der Waals surface area contributed by atoms with E-state index in [-0.39, 0.29) is 29.7 Å². The van der Waals surface area contributed by atoms with Gasteiger partial charge in [0.1, 0.15) is 11.5 Å². The molecule has 0 radical (unpaired) electrons. The molecule has 5 nitrogen and oxygen atoms in total. The molecule has 0 amide bonds. The predicted molar refractivity (Wildman–Crippen MR) is 111 cm³/mol. The second-order valence-corrected chi connectivity index (χ2v) is 8.64. The Morgan fingerprint density at radius 1 is 1.14 bits per heavy atom. The lowest BCUT2D eigenvalue weighted by Crippen LogP contribution is -2.41. The molecular weight excluding hydrogens is 368 g/mol. The number of carbonyl (C=O) groups is 2. The van der Waals surface area contributed by atoms with E-state index in [2.05, 4.69) is 26.8 Å². The van der Waals surface area contributed by atoms with Crippen LogP contribution in [0.3, 0.4) is 0 Å². The average Bonchev–Trinajstić information content (AvgIpc) is 2.60. The Balaban J connectivity index is 2.09. The van der Waals surface area contributed by atoms with Crippen LogP contribution in [0.15, 0.2) is 17.7 Å². The summed E-state index contributed by atoms with van der Waals surface area (Å²) in [6.45, 7) is 11.2. The topological polar surface area (TPSA) is 61.8 Å². The fraction of sp³-hybridized carbons (Fsp3) is 0.583. The standard InChI is InChI=1S/C24H32O5/c1-13(2)8-7-9-19-18-11-10-14(3)21-20(27-16(5)25)12-15(4)23(22(18)21)29-24(19)28-17(6)26/h8,12,14,18-19,24H,7,9-11H2,1-6H3. The van der Waals surface area contributed by atoms with Crippen molar-refractivity contribution in [1.29, 1.82) is 0 Å². The molecule has 0 N–H and O–H groups in total. The Morgan fingerprint density at radius 3 is 2.48 bits per heavy atom. The fourth-order valence-electron chi connectivity index (χ4n) is 4.80. The van der Waals surface area contributed by atoms with Gasteiger partial charge in [-0.25, -0.2) is 0 Å². The van der Waals surface area contributed by atoms with Gasteiger partial charge in [0, 0.05) is 30.9 Å². The summed E-state index contributed by atoms with van der Waals surface area (Å²) < 4.78 is 17.5. The van der Waals surface area contributed by atoms with E-state index in [9.17, 15) is 9.59 Å². The van der Waals surface area contributed by atoms with Gasteiger partial charge in [-0.1, -0.05) is 18.6 Å². The fourth-order valence-corrected chi connectivity index (χ4v) is 4.80. The molecule has 3 rings (SSSR count). The quantitative estimate of drug-likeness (QED) is 0.369. The molecule has 5 heteroatoms. The zero-order valence-corrected chi connectivity index (χ0v) is 18.3. The van der Waals surface area contributed by atoms with Crippen molar-refractivity contribution in [1.82, 2.24) is 0 Å². The molecule has 0 spiro atoms. The van der Waals surface area contributed by atoms with E-state index in [1.54, 1.807) is 0 Å². The Morgan fingerprint density at radius 2 is 1.86 bits per heavy atom. The minimum atomic E-state index is -0.588. The largest absolute Gasteiger partial charge is 0.454 e. The minimum absolute atomic E-state index is 0.0697. The van der Waals surface area contributed by atoms with Gasteiger partial charge in [-0.05, 0) is 69.9 Å². The number of hydrogen-bond donors (Lipinski definition) is 0. The van der Waals surface area contributed by atoms with E-state index >= 15 is 0 Å². The highest BCUT2D eigenvalue weighted by Gasteiger charge is 2.45. The first-order valence-corrected chi connectivity index (χ1v) is 10.5. The lowest BCUT2D eigenvalue weighted by molar-refractivity contribution is -0.174. The summed E-state index contributed by atoms with van der Waals surface area (Å²) in [6.07, 6.45) is 5.42. The normalized spacial score (nSPS) is 24.8. The molecule has 0 aromatic heterocycles. The number of aryl methyl sites for hydroxylation is 1. The SMILES string of the molecule is CC(=O)Oc1cc(C)c2c3c1C(C)CCC3C(CCC=C(C)C)C(OC(C)=O)O2. The van der Waals surface area contributed by atoms with E-state index in [4.69, 9.17) is 14.2 Å². The van der Waals surface area contributed by atoms with Gasteiger partial charge >= 0.3 is 11.9 Å². The molecule has 1 heterocycles. The highest BCUT2D eigenvalue weighted by Crippen LogP contribution is 2.55. The third-order valence-electron chi connectivity index (χ3n) is 5.97. The van der Waals surface area contributed by atoms with Gasteiger partial charge in [-0.15, -0.1) is 0 Å². The number of hydrogen-bond acceptors (Lipinski definition) is 5. The maximum Gasteiger partial charge on any atom is 0.308 e. The van der Waals surface area contributed by atoms with Gasteiger partial charge in [0.05, 0.1) is 0 Å². The Bertz CT molecular complexity index is 834. The summed E-state index contributed by atoms with van der Waals surface area (Å²) in [5, 5.41) is 0. The lowest BCUT2D eigenvalue weighted by atomic mass is 9.68. The van der Waals surface area contributed by atoms with Crippen molar-refractivity contribution in [2.45, 2.75) is 85.4 Å². The monoisotopic (exact) mass is 400 g/mol. The van der Waals surface area contributed by atoms with Gasteiger partial charge in [-0.3, -0.25) is 9.59 Å². The Kier molecular flexibility index (Phi) is 6.35. The number of esters is 2. The number of benzene rings is 1. The molecule has 1 aromatic carbocycles. The van der Waals surface area contributed by atoms with Crippen molar-refractivity contribution in [2.24, 2.45) is 5.92 Å². The summed E-state index contributed by atoms with van der Waals surface area (Å²) >= 11 is 0. The maximum absolute atomic E-state index is 11.8. The maximum atomic E-state index is 11.8. The highest BCUT2D eigenvalue weighted by atomic mass is 16.7. The minimum Gasteiger partial charge on any atom is -0.454 e. The van der Waals surface area contributed by atoms with Crippen molar-refractivity contribution >= 4 is 11.9 Å². The second kappa shape index (κ2) is 8.60. The molecular formula is C24H32O5. The van der Waals surface area contributed by atoms with E-state index in [0.717, 1.165) is 48.1 Å². The van der Waals surface area contributed by atoms with Crippen molar-refractivity contribution in [3.8, 4) is 11.5 Å². The summed E-state index contributed by atoms with van der Waals surface area (Å²) in [6, 6.07) is 1.88. The molecule has 0 bridgehead atoms. The van der Waals surface area contributed by atoms with E-state index < -0.39 is 6.29 Å². The number of rotatable bonds is 5. The van der Waals surface area contributed by atoms with Crippen LogP contribution in [0.5, 0.6) is 11.5 Å². The first-order chi connectivity index (χ1) is 13.7. The van der Waals surface area contributed by atoms with Crippen LogP contribution < -0.4 is 9.47 Å². The summed E-state index contributed by atoms with van der Waals surface area (Å²) in [5.74, 6) is 1.35. The molecule has 4 unspecified atom stereocenters. The van der Waals surface area contributed by atoms with Gasteiger partial charge in [0.15, 0.2) is 0 Å². The number of allylic oxidation sites excluding steroid dienone is 2. The smallest absolute Gasteiger partial charge is 0.308 e. The molecule has 1 aliphatic carbocycles. The van der Waals surface area contributed by atoms with Crippen LogP contribution in [0, 0.1) is 12.8 Å². The predicted octanol–water partition coefficient (Wildman–Crippen LogP) is 5.55. The van der Waals surface area contributed by atoms with Crippen LogP contribution >= 0.6 is 0 Å². The van der Waals surface area contributed by atoms with Gasteiger partial charge < -0.3 is 14.2 Å². The molecule has 1 aromatic rings.